The van der Waals surface area contributed by atoms with Crippen LogP contribution in [0, 0.1) is 0 Å². The summed E-state index contributed by atoms with van der Waals surface area (Å²) >= 11 is 1.46. The third-order valence-corrected chi connectivity index (χ3v) is 5.44. The summed E-state index contributed by atoms with van der Waals surface area (Å²) in [5.74, 6) is 1.48. The number of thioether (sulfide) groups is 1. The summed E-state index contributed by atoms with van der Waals surface area (Å²) in [5.41, 5.74) is 1.64. The first-order valence-electron chi connectivity index (χ1n) is 8.81. The fourth-order valence-electron chi connectivity index (χ4n) is 3.02. The lowest BCUT2D eigenvalue weighted by molar-refractivity contribution is 0.527. The van der Waals surface area contributed by atoms with E-state index >= 15 is 0 Å². The normalized spacial score (nSPS) is 13.9. The van der Waals surface area contributed by atoms with Crippen LogP contribution in [-0.4, -0.2) is 19.7 Å². The second-order valence-electron chi connectivity index (χ2n) is 6.47. The molecule has 134 valence electrons. The molecule has 0 radical (unpaired) electrons. The second-order valence-corrected chi connectivity index (χ2v) is 7.42. The number of rotatable bonds is 5. The number of aromatic nitrogens is 4. The minimum atomic E-state index is 0.0288. The van der Waals surface area contributed by atoms with E-state index in [-0.39, 0.29) is 11.6 Å². The van der Waals surface area contributed by atoms with E-state index in [4.69, 9.17) is 9.40 Å². The SMILES string of the molecule is O=c1c2ccccc2nc(SCc2nnc(-c3ccccc3)o2)n1C1CC1. The molecular formula is C20H16N4O2S. The highest BCUT2D eigenvalue weighted by atomic mass is 32.2. The maximum absolute atomic E-state index is 12.9. The third-order valence-electron chi connectivity index (χ3n) is 4.50. The smallest absolute Gasteiger partial charge is 0.262 e. The van der Waals surface area contributed by atoms with E-state index in [9.17, 15) is 4.79 Å². The van der Waals surface area contributed by atoms with Crippen LogP contribution in [-0.2, 0) is 5.75 Å². The van der Waals surface area contributed by atoms with Crippen LogP contribution in [0.15, 0.2) is 69.0 Å². The molecule has 0 unspecified atom stereocenters. The molecule has 1 aliphatic carbocycles. The lowest BCUT2D eigenvalue weighted by Gasteiger charge is -2.11. The quantitative estimate of drug-likeness (QED) is 0.386. The van der Waals surface area contributed by atoms with Gasteiger partial charge in [-0.25, -0.2) is 4.98 Å². The third kappa shape index (κ3) is 3.14. The van der Waals surface area contributed by atoms with E-state index in [1.807, 2.05) is 59.2 Å². The van der Waals surface area contributed by atoms with Crippen molar-refractivity contribution < 1.29 is 4.42 Å². The van der Waals surface area contributed by atoms with E-state index in [0.717, 1.165) is 23.9 Å². The van der Waals surface area contributed by atoms with Gasteiger partial charge in [-0.2, -0.15) is 0 Å². The number of nitrogens with zero attached hydrogens (tertiary/aromatic N) is 4. The van der Waals surface area contributed by atoms with Crippen LogP contribution >= 0.6 is 11.8 Å². The van der Waals surface area contributed by atoms with Crippen molar-refractivity contribution in [3.8, 4) is 11.5 Å². The van der Waals surface area contributed by atoms with Crippen LogP contribution in [0.25, 0.3) is 22.4 Å². The lowest BCUT2D eigenvalue weighted by Crippen LogP contribution is -2.22. The molecule has 2 aromatic heterocycles. The molecule has 0 amide bonds. The van der Waals surface area contributed by atoms with Gasteiger partial charge in [0.2, 0.25) is 11.8 Å². The molecule has 0 aliphatic heterocycles. The van der Waals surface area contributed by atoms with Gasteiger partial charge in [-0.1, -0.05) is 42.1 Å². The van der Waals surface area contributed by atoms with Crippen LogP contribution in [0.1, 0.15) is 24.8 Å². The Kier molecular flexibility index (Phi) is 4.01. The fourth-order valence-corrected chi connectivity index (χ4v) is 3.92. The molecule has 0 spiro atoms. The first kappa shape index (κ1) is 16.3. The van der Waals surface area contributed by atoms with Gasteiger partial charge in [-0.05, 0) is 37.1 Å². The topological polar surface area (TPSA) is 73.8 Å². The largest absolute Gasteiger partial charge is 0.420 e. The summed E-state index contributed by atoms with van der Waals surface area (Å²) in [6.07, 6.45) is 2.04. The molecule has 2 heterocycles. The minimum Gasteiger partial charge on any atom is -0.420 e. The molecule has 0 bridgehead atoms. The maximum Gasteiger partial charge on any atom is 0.262 e. The highest BCUT2D eigenvalue weighted by Crippen LogP contribution is 2.37. The summed E-state index contributed by atoms with van der Waals surface area (Å²) in [5, 5.41) is 9.62. The Morgan fingerprint density at radius 2 is 1.81 bits per heavy atom. The van der Waals surface area contributed by atoms with Crippen molar-refractivity contribution in [3.63, 3.8) is 0 Å². The van der Waals surface area contributed by atoms with Crippen molar-refractivity contribution >= 4 is 22.7 Å². The Hall–Kier alpha value is -2.93. The fraction of sp³-hybridized carbons (Fsp3) is 0.200. The Morgan fingerprint density at radius 3 is 2.63 bits per heavy atom. The van der Waals surface area contributed by atoms with Crippen molar-refractivity contribution in [2.24, 2.45) is 0 Å². The molecular weight excluding hydrogens is 360 g/mol. The van der Waals surface area contributed by atoms with Gasteiger partial charge in [0.05, 0.1) is 16.7 Å². The zero-order valence-corrected chi connectivity index (χ0v) is 15.2. The molecule has 1 saturated carbocycles. The zero-order chi connectivity index (χ0) is 18.2. The van der Waals surface area contributed by atoms with Gasteiger partial charge in [0.15, 0.2) is 5.16 Å². The molecule has 2 aromatic carbocycles. The number of para-hydroxylation sites is 1. The van der Waals surface area contributed by atoms with E-state index in [2.05, 4.69) is 10.2 Å². The van der Waals surface area contributed by atoms with Crippen LogP contribution in [0.5, 0.6) is 0 Å². The van der Waals surface area contributed by atoms with Gasteiger partial charge in [-0.15, -0.1) is 10.2 Å². The van der Waals surface area contributed by atoms with E-state index in [0.29, 0.717) is 28.1 Å². The van der Waals surface area contributed by atoms with E-state index in [1.165, 1.54) is 11.8 Å². The summed E-state index contributed by atoms with van der Waals surface area (Å²) in [4.78, 5) is 17.6. The Balaban J connectivity index is 1.44. The number of hydrogen-bond acceptors (Lipinski definition) is 6. The Morgan fingerprint density at radius 1 is 1.04 bits per heavy atom. The summed E-state index contributed by atoms with van der Waals surface area (Å²) in [7, 11) is 0. The average molecular weight is 376 g/mol. The molecule has 5 rings (SSSR count). The maximum atomic E-state index is 12.9. The number of benzene rings is 2. The van der Waals surface area contributed by atoms with Crippen molar-refractivity contribution in [2.45, 2.75) is 29.8 Å². The molecule has 0 N–H and O–H groups in total. The van der Waals surface area contributed by atoms with Crippen molar-refractivity contribution in [2.75, 3.05) is 0 Å². The predicted octanol–water partition coefficient (Wildman–Crippen LogP) is 4.07. The summed E-state index contributed by atoms with van der Waals surface area (Å²) in [6, 6.07) is 17.4. The summed E-state index contributed by atoms with van der Waals surface area (Å²) < 4.78 is 7.59. The molecule has 1 aliphatic rings. The van der Waals surface area contributed by atoms with Crippen molar-refractivity contribution in [3.05, 3.63) is 70.8 Å². The molecule has 4 aromatic rings. The molecule has 0 saturated heterocycles. The van der Waals surface area contributed by atoms with Gasteiger partial charge in [0, 0.05) is 11.6 Å². The van der Waals surface area contributed by atoms with Crippen LogP contribution in [0.3, 0.4) is 0 Å². The van der Waals surface area contributed by atoms with Gasteiger partial charge in [-0.3, -0.25) is 9.36 Å². The minimum absolute atomic E-state index is 0.0288. The highest BCUT2D eigenvalue weighted by Gasteiger charge is 2.28. The average Bonchev–Trinajstić information content (AvgIpc) is 3.43. The standard InChI is InChI=1S/C20H16N4O2S/c25-19-15-8-4-5-9-16(15)21-20(24(19)14-10-11-14)27-12-17-22-23-18(26-17)13-6-2-1-3-7-13/h1-9,14H,10-12H2. The number of fused-ring (bicyclic) bond motifs is 1. The lowest BCUT2D eigenvalue weighted by atomic mass is 10.2. The molecule has 7 heteroatoms. The van der Waals surface area contributed by atoms with Crippen LogP contribution in [0.4, 0.5) is 0 Å². The van der Waals surface area contributed by atoms with Gasteiger partial charge in [0.25, 0.3) is 5.56 Å². The molecule has 6 nitrogen and oxygen atoms in total. The van der Waals surface area contributed by atoms with E-state index in [1.54, 1.807) is 0 Å². The van der Waals surface area contributed by atoms with Gasteiger partial charge in [0.1, 0.15) is 0 Å². The first-order chi connectivity index (χ1) is 13.3. The van der Waals surface area contributed by atoms with Crippen LogP contribution < -0.4 is 5.56 Å². The van der Waals surface area contributed by atoms with Crippen molar-refractivity contribution in [1.29, 1.82) is 0 Å². The molecule has 1 fully saturated rings. The second kappa shape index (κ2) is 6.66. The molecule has 27 heavy (non-hydrogen) atoms. The number of hydrogen-bond donors (Lipinski definition) is 0. The highest BCUT2D eigenvalue weighted by molar-refractivity contribution is 7.98. The monoisotopic (exact) mass is 376 g/mol. The van der Waals surface area contributed by atoms with E-state index < -0.39 is 0 Å². The van der Waals surface area contributed by atoms with Gasteiger partial charge >= 0.3 is 0 Å². The Labute approximate surface area is 159 Å². The molecule has 0 atom stereocenters. The predicted molar refractivity (Wildman–Crippen MR) is 104 cm³/mol. The van der Waals surface area contributed by atoms with Gasteiger partial charge < -0.3 is 4.42 Å². The first-order valence-corrected chi connectivity index (χ1v) is 9.80. The van der Waals surface area contributed by atoms with Crippen LogP contribution in [0.2, 0.25) is 0 Å². The zero-order valence-electron chi connectivity index (χ0n) is 14.4. The summed E-state index contributed by atoms with van der Waals surface area (Å²) in [6.45, 7) is 0. The van der Waals surface area contributed by atoms with Crippen molar-refractivity contribution in [1.82, 2.24) is 19.7 Å². The Bertz CT molecular complexity index is 1170.